The number of benzene rings is 2. The van der Waals surface area contributed by atoms with E-state index in [4.69, 9.17) is 12.2 Å². The summed E-state index contributed by atoms with van der Waals surface area (Å²) in [4.78, 5) is 12.9. The molecule has 0 unspecified atom stereocenters. The Kier molecular flexibility index (Phi) is 5.13. The van der Waals surface area contributed by atoms with Crippen LogP contribution in [0.1, 0.15) is 11.1 Å². The fraction of sp³-hybridized carbons (Fsp3) is 0. The van der Waals surface area contributed by atoms with Crippen LogP contribution in [0.15, 0.2) is 63.0 Å². The second-order valence-corrected chi connectivity index (χ2v) is 7.48. The van der Waals surface area contributed by atoms with Crippen LogP contribution in [0.4, 0.5) is 0 Å². The summed E-state index contributed by atoms with van der Waals surface area (Å²) in [5.41, 5.74) is 1.59. The first-order valence-electron chi connectivity index (χ1n) is 6.89. The van der Waals surface area contributed by atoms with Crippen molar-refractivity contribution >= 4 is 62.4 Å². The van der Waals surface area contributed by atoms with E-state index in [1.165, 1.54) is 16.8 Å². The number of aromatic hydroxyl groups is 1. The van der Waals surface area contributed by atoms with Crippen molar-refractivity contribution < 1.29 is 9.90 Å². The highest BCUT2D eigenvalue weighted by molar-refractivity contribution is 9.10. The van der Waals surface area contributed by atoms with Gasteiger partial charge in [-0.05, 0) is 53.7 Å². The summed E-state index contributed by atoms with van der Waals surface area (Å²) in [7, 11) is 0. The van der Waals surface area contributed by atoms with Crippen molar-refractivity contribution in [2.75, 3.05) is 0 Å². The lowest BCUT2D eigenvalue weighted by molar-refractivity contribution is -0.122. The molecule has 4 nitrogen and oxygen atoms in total. The second kappa shape index (κ2) is 7.29. The van der Waals surface area contributed by atoms with Crippen LogP contribution in [0.3, 0.4) is 0 Å². The zero-order chi connectivity index (χ0) is 17.1. The summed E-state index contributed by atoms with van der Waals surface area (Å²) in [6.45, 7) is 0. The van der Waals surface area contributed by atoms with Crippen molar-refractivity contribution in [3.63, 3.8) is 0 Å². The highest BCUT2D eigenvalue weighted by Crippen LogP contribution is 2.33. The van der Waals surface area contributed by atoms with E-state index in [0.717, 1.165) is 15.6 Å². The summed E-state index contributed by atoms with van der Waals surface area (Å²) in [5, 5.41) is 14.9. The zero-order valence-electron chi connectivity index (χ0n) is 12.2. The fourth-order valence-corrected chi connectivity index (χ4v) is 3.44. The highest BCUT2D eigenvalue weighted by atomic mass is 79.9. The summed E-state index contributed by atoms with van der Waals surface area (Å²) in [6, 6.07) is 14.2. The first-order chi connectivity index (χ1) is 11.5. The van der Waals surface area contributed by atoms with Gasteiger partial charge in [-0.2, -0.15) is 10.1 Å². The average molecular weight is 419 g/mol. The molecule has 0 aromatic heterocycles. The van der Waals surface area contributed by atoms with Crippen LogP contribution in [0.5, 0.6) is 5.75 Å². The molecule has 1 saturated heterocycles. The molecule has 120 valence electrons. The number of hydrogen-bond donors (Lipinski definition) is 1. The number of carbonyl (C=O) groups is 1. The lowest BCUT2D eigenvalue weighted by Gasteiger charge is -2.06. The quantitative estimate of drug-likeness (QED) is 0.456. The molecule has 3 rings (SSSR count). The standard InChI is InChI=1S/C17H11BrN2O2S2/c18-13-6-4-11(5-7-13)10-19-20-16(22)15(24-17(20)23)9-12-2-1-3-14(21)8-12/h1-10,21H/b15-9+,19-10+. The van der Waals surface area contributed by atoms with E-state index in [1.54, 1.807) is 36.6 Å². The molecule has 1 aliphatic heterocycles. The minimum Gasteiger partial charge on any atom is -0.508 e. The number of nitrogens with zero attached hydrogens (tertiary/aromatic N) is 2. The molecular formula is C17H11BrN2O2S2. The Bertz CT molecular complexity index is 863. The number of phenols is 1. The Morgan fingerprint density at radius 1 is 1.17 bits per heavy atom. The number of carbonyl (C=O) groups excluding carboxylic acids is 1. The van der Waals surface area contributed by atoms with E-state index in [9.17, 15) is 9.90 Å². The van der Waals surface area contributed by atoms with Gasteiger partial charge in [-0.1, -0.05) is 52.0 Å². The summed E-state index contributed by atoms with van der Waals surface area (Å²) < 4.78 is 1.35. The largest absolute Gasteiger partial charge is 0.508 e. The van der Waals surface area contributed by atoms with Crippen LogP contribution >= 0.6 is 39.9 Å². The van der Waals surface area contributed by atoms with Gasteiger partial charge in [0, 0.05) is 4.47 Å². The minimum absolute atomic E-state index is 0.146. The van der Waals surface area contributed by atoms with Gasteiger partial charge in [0.1, 0.15) is 5.75 Å². The number of hydrogen-bond acceptors (Lipinski definition) is 5. The van der Waals surface area contributed by atoms with Gasteiger partial charge in [-0.15, -0.1) is 0 Å². The second-order valence-electron chi connectivity index (χ2n) is 4.88. The van der Waals surface area contributed by atoms with Gasteiger partial charge in [-0.3, -0.25) is 4.79 Å². The number of halogens is 1. The number of amides is 1. The molecule has 0 atom stereocenters. The molecule has 1 N–H and O–H groups in total. The predicted octanol–water partition coefficient (Wildman–Crippen LogP) is 4.39. The Labute approximate surface area is 157 Å². The van der Waals surface area contributed by atoms with Gasteiger partial charge in [-0.25, -0.2) is 0 Å². The first-order valence-corrected chi connectivity index (χ1v) is 8.91. The number of thioether (sulfide) groups is 1. The van der Waals surface area contributed by atoms with Gasteiger partial charge in [0.15, 0.2) is 4.32 Å². The molecule has 0 spiro atoms. The van der Waals surface area contributed by atoms with E-state index in [1.807, 2.05) is 24.3 Å². The molecule has 7 heteroatoms. The lowest BCUT2D eigenvalue weighted by Crippen LogP contribution is -2.22. The maximum absolute atomic E-state index is 12.4. The molecule has 2 aromatic rings. The molecule has 0 saturated carbocycles. The summed E-state index contributed by atoms with van der Waals surface area (Å²) >= 11 is 9.78. The maximum atomic E-state index is 12.4. The fourth-order valence-electron chi connectivity index (χ4n) is 2.00. The van der Waals surface area contributed by atoms with Crippen molar-refractivity contribution in [1.29, 1.82) is 0 Å². The van der Waals surface area contributed by atoms with Crippen LogP contribution < -0.4 is 0 Å². The summed E-state index contributed by atoms with van der Waals surface area (Å²) in [6.07, 6.45) is 3.28. The third kappa shape index (κ3) is 3.92. The van der Waals surface area contributed by atoms with E-state index in [0.29, 0.717) is 9.23 Å². The van der Waals surface area contributed by atoms with Crippen LogP contribution in [0.25, 0.3) is 6.08 Å². The van der Waals surface area contributed by atoms with Gasteiger partial charge in [0.05, 0.1) is 11.1 Å². The molecule has 2 aromatic carbocycles. The molecule has 0 radical (unpaired) electrons. The van der Waals surface area contributed by atoms with Crippen molar-refractivity contribution in [2.24, 2.45) is 5.10 Å². The van der Waals surface area contributed by atoms with E-state index >= 15 is 0 Å². The molecule has 1 aliphatic rings. The molecule has 0 aliphatic carbocycles. The number of rotatable bonds is 3. The molecule has 1 amide bonds. The molecule has 1 heterocycles. The first kappa shape index (κ1) is 16.9. The molecule has 1 fully saturated rings. The third-order valence-corrected chi connectivity index (χ3v) is 4.95. The molecule has 0 bridgehead atoms. The molecule has 24 heavy (non-hydrogen) atoms. The molecular weight excluding hydrogens is 408 g/mol. The van der Waals surface area contributed by atoms with E-state index in [2.05, 4.69) is 21.0 Å². The Hall–Kier alpha value is -1.96. The van der Waals surface area contributed by atoms with E-state index in [-0.39, 0.29) is 11.7 Å². The van der Waals surface area contributed by atoms with Crippen LogP contribution in [0.2, 0.25) is 0 Å². The monoisotopic (exact) mass is 418 g/mol. The Morgan fingerprint density at radius 3 is 2.62 bits per heavy atom. The number of thiocarbonyl (C=S) groups is 1. The van der Waals surface area contributed by atoms with Crippen molar-refractivity contribution in [3.8, 4) is 5.75 Å². The number of hydrazone groups is 1. The van der Waals surface area contributed by atoms with Gasteiger partial charge in [0.2, 0.25) is 0 Å². The van der Waals surface area contributed by atoms with Gasteiger partial charge < -0.3 is 5.11 Å². The number of phenolic OH excluding ortho intramolecular Hbond substituents is 1. The van der Waals surface area contributed by atoms with Crippen LogP contribution in [-0.2, 0) is 4.79 Å². The average Bonchev–Trinajstić information content (AvgIpc) is 2.81. The highest BCUT2D eigenvalue weighted by Gasteiger charge is 2.32. The Morgan fingerprint density at radius 2 is 1.92 bits per heavy atom. The third-order valence-electron chi connectivity index (χ3n) is 3.13. The van der Waals surface area contributed by atoms with Crippen LogP contribution in [-0.4, -0.2) is 26.6 Å². The topological polar surface area (TPSA) is 52.9 Å². The normalized spacial score (nSPS) is 16.5. The Balaban J connectivity index is 1.80. The predicted molar refractivity (Wildman–Crippen MR) is 105 cm³/mol. The maximum Gasteiger partial charge on any atom is 0.286 e. The van der Waals surface area contributed by atoms with Crippen molar-refractivity contribution in [1.82, 2.24) is 5.01 Å². The zero-order valence-corrected chi connectivity index (χ0v) is 15.4. The van der Waals surface area contributed by atoms with Crippen LogP contribution in [0, 0.1) is 0 Å². The van der Waals surface area contributed by atoms with Gasteiger partial charge in [0.25, 0.3) is 5.91 Å². The summed E-state index contributed by atoms with van der Waals surface area (Å²) in [5.74, 6) is -0.130. The van der Waals surface area contributed by atoms with E-state index < -0.39 is 0 Å². The van der Waals surface area contributed by atoms with Crippen molar-refractivity contribution in [3.05, 3.63) is 69.0 Å². The minimum atomic E-state index is -0.276. The smallest absolute Gasteiger partial charge is 0.286 e. The lowest BCUT2D eigenvalue weighted by atomic mass is 10.2. The van der Waals surface area contributed by atoms with Crippen molar-refractivity contribution in [2.45, 2.75) is 0 Å². The SMILES string of the molecule is O=C1/C(=C\c2cccc(O)c2)SC(=S)N1/N=C/c1ccc(Br)cc1. The van der Waals surface area contributed by atoms with Gasteiger partial charge >= 0.3 is 0 Å².